The van der Waals surface area contributed by atoms with Gasteiger partial charge in [-0.15, -0.1) is 0 Å². The number of hydrogen-bond acceptors (Lipinski definition) is 2. The van der Waals surface area contributed by atoms with Crippen LogP contribution in [0.1, 0.15) is 56.3 Å². The van der Waals surface area contributed by atoms with Crippen molar-refractivity contribution in [1.82, 2.24) is 10.2 Å². The number of carbonyl (C=O) groups excluding carboxylic acids is 1. The molecule has 112 valence electrons. The smallest absolute Gasteiger partial charge is 0.244 e. The summed E-state index contributed by atoms with van der Waals surface area (Å²) in [6, 6.07) is 8.82. The van der Waals surface area contributed by atoms with Crippen LogP contribution < -0.4 is 5.32 Å². The third-order valence-corrected chi connectivity index (χ3v) is 5.84. The Morgan fingerprint density at radius 2 is 2.00 bits per heavy atom. The molecule has 4 rings (SSSR count). The molecule has 1 N–H and O–H groups in total. The Morgan fingerprint density at radius 1 is 1.29 bits per heavy atom. The lowest BCUT2D eigenvalue weighted by molar-refractivity contribution is -0.134. The number of nitrogens with one attached hydrogen (secondary N) is 1. The van der Waals surface area contributed by atoms with E-state index in [9.17, 15) is 4.79 Å². The highest BCUT2D eigenvalue weighted by Gasteiger charge is 2.60. The molecule has 1 saturated heterocycles. The van der Waals surface area contributed by atoms with Crippen molar-refractivity contribution in [3.8, 4) is 0 Å². The first kappa shape index (κ1) is 13.3. The van der Waals surface area contributed by atoms with Crippen LogP contribution in [0.25, 0.3) is 0 Å². The monoisotopic (exact) mass is 284 g/mol. The molecule has 1 aromatic rings. The Bertz CT molecular complexity index is 574. The van der Waals surface area contributed by atoms with Gasteiger partial charge in [0.15, 0.2) is 0 Å². The van der Waals surface area contributed by atoms with E-state index in [4.69, 9.17) is 0 Å². The summed E-state index contributed by atoms with van der Waals surface area (Å²) in [5.41, 5.74) is 2.30. The standard InChI is InChI=1S/C18H24N2O/c1-12-6-3-4-9-15(12)16-19-18(10-11-18)17(21)20(16)13(2)14-7-5-8-14/h3-4,6,9,13-14,16,19H,5,7-8,10-11H2,1-2H3. The van der Waals surface area contributed by atoms with E-state index in [-0.39, 0.29) is 11.7 Å². The van der Waals surface area contributed by atoms with E-state index in [0.29, 0.717) is 17.9 Å². The Hall–Kier alpha value is -1.35. The molecule has 3 fully saturated rings. The fourth-order valence-electron chi connectivity index (χ4n) is 3.93. The van der Waals surface area contributed by atoms with Gasteiger partial charge in [0.2, 0.25) is 5.91 Å². The molecule has 2 saturated carbocycles. The van der Waals surface area contributed by atoms with Crippen LogP contribution in [0.15, 0.2) is 24.3 Å². The molecule has 2 atom stereocenters. The third-order valence-electron chi connectivity index (χ3n) is 5.84. The van der Waals surface area contributed by atoms with Crippen LogP contribution in [-0.4, -0.2) is 22.4 Å². The minimum Gasteiger partial charge on any atom is -0.318 e. The topological polar surface area (TPSA) is 32.3 Å². The van der Waals surface area contributed by atoms with Gasteiger partial charge in [0, 0.05) is 6.04 Å². The second-order valence-corrected chi connectivity index (χ2v) is 7.13. The average Bonchev–Trinajstić information content (AvgIpc) is 3.11. The number of rotatable bonds is 3. The molecule has 0 radical (unpaired) electrons. The summed E-state index contributed by atoms with van der Waals surface area (Å²) in [6.45, 7) is 4.39. The first-order valence-electron chi connectivity index (χ1n) is 8.28. The highest BCUT2D eigenvalue weighted by atomic mass is 16.2. The summed E-state index contributed by atoms with van der Waals surface area (Å²) in [4.78, 5) is 15.1. The van der Waals surface area contributed by atoms with Crippen molar-refractivity contribution in [3.05, 3.63) is 35.4 Å². The van der Waals surface area contributed by atoms with Gasteiger partial charge < -0.3 is 4.90 Å². The highest BCUT2D eigenvalue weighted by Crippen LogP contribution is 2.48. The van der Waals surface area contributed by atoms with Gasteiger partial charge in [0.1, 0.15) is 11.7 Å². The molecule has 2 aliphatic carbocycles. The van der Waals surface area contributed by atoms with E-state index in [0.717, 1.165) is 12.8 Å². The van der Waals surface area contributed by atoms with E-state index in [1.807, 2.05) is 0 Å². The van der Waals surface area contributed by atoms with E-state index >= 15 is 0 Å². The molecule has 1 heterocycles. The second-order valence-electron chi connectivity index (χ2n) is 7.13. The molecular weight excluding hydrogens is 260 g/mol. The summed E-state index contributed by atoms with van der Waals surface area (Å²) >= 11 is 0. The maximum atomic E-state index is 12.9. The Kier molecular flexibility index (Phi) is 2.90. The number of carbonyl (C=O) groups is 1. The fourth-order valence-corrected chi connectivity index (χ4v) is 3.93. The number of nitrogens with zero attached hydrogens (tertiary/aromatic N) is 1. The van der Waals surface area contributed by atoms with Gasteiger partial charge in [-0.1, -0.05) is 30.7 Å². The maximum absolute atomic E-state index is 12.9. The number of aryl methyl sites for hydroxylation is 1. The molecule has 1 spiro atoms. The zero-order valence-corrected chi connectivity index (χ0v) is 12.9. The number of benzene rings is 1. The molecule has 21 heavy (non-hydrogen) atoms. The van der Waals surface area contributed by atoms with Crippen LogP contribution in [-0.2, 0) is 4.79 Å². The molecule has 3 aliphatic rings. The zero-order valence-electron chi connectivity index (χ0n) is 12.9. The van der Waals surface area contributed by atoms with Gasteiger partial charge in [-0.3, -0.25) is 10.1 Å². The van der Waals surface area contributed by atoms with E-state index in [1.54, 1.807) is 0 Å². The van der Waals surface area contributed by atoms with E-state index < -0.39 is 0 Å². The highest BCUT2D eigenvalue weighted by molar-refractivity contribution is 5.92. The van der Waals surface area contributed by atoms with Crippen molar-refractivity contribution < 1.29 is 4.79 Å². The molecule has 3 nitrogen and oxygen atoms in total. The van der Waals surface area contributed by atoms with E-state index in [2.05, 4.69) is 48.3 Å². The quantitative estimate of drug-likeness (QED) is 0.925. The molecule has 1 aromatic carbocycles. The predicted molar refractivity (Wildman–Crippen MR) is 82.7 cm³/mol. The van der Waals surface area contributed by atoms with Crippen molar-refractivity contribution in [2.45, 2.75) is 63.7 Å². The fraction of sp³-hybridized carbons (Fsp3) is 0.611. The summed E-state index contributed by atoms with van der Waals surface area (Å²) < 4.78 is 0. The Morgan fingerprint density at radius 3 is 2.57 bits per heavy atom. The summed E-state index contributed by atoms with van der Waals surface area (Å²) in [5.74, 6) is 1.03. The largest absolute Gasteiger partial charge is 0.318 e. The van der Waals surface area contributed by atoms with Crippen molar-refractivity contribution in [1.29, 1.82) is 0 Å². The summed E-state index contributed by atoms with van der Waals surface area (Å²) in [5, 5.41) is 3.66. The SMILES string of the molecule is Cc1ccccc1C1NC2(CC2)C(=O)N1C(C)C1CCC1. The van der Waals surface area contributed by atoms with Crippen molar-refractivity contribution >= 4 is 5.91 Å². The molecule has 3 heteroatoms. The summed E-state index contributed by atoms with van der Waals surface area (Å²) in [7, 11) is 0. The van der Waals surface area contributed by atoms with Gasteiger partial charge in [0.25, 0.3) is 0 Å². The van der Waals surface area contributed by atoms with Crippen LogP contribution in [0, 0.1) is 12.8 Å². The molecular formula is C18H24N2O. The average molecular weight is 284 g/mol. The van der Waals surface area contributed by atoms with Crippen molar-refractivity contribution in [2.24, 2.45) is 5.92 Å². The minimum atomic E-state index is -0.231. The van der Waals surface area contributed by atoms with E-state index in [1.165, 1.54) is 30.4 Å². The van der Waals surface area contributed by atoms with Gasteiger partial charge in [0.05, 0.1) is 0 Å². The molecule has 1 aliphatic heterocycles. The third kappa shape index (κ3) is 1.94. The second kappa shape index (κ2) is 4.57. The van der Waals surface area contributed by atoms with Gasteiger partial charge >= 0.3 is 0 Å². The van der Waals surface area contributed by atoms with Crippen LogP contribution in [0.4, 0.5) is 0 Å². The minimum absolute atomic E-state index is 0.0665. The predicted octanol–water partition coefficient (Wildman–Crippen LogP) is 3.15. The maximum Gasteiger partial charge on any atom is 0.244 e. The molecule has 2 unspecified atom stereocenters. The van der Waals surface area contributed by atoms with Crippen LogP contribution >= 0.6 is 0 Å². The Labute approximate surface area is 126 Å². The van der Waals surface area contributed by atoms with Crippen LogP contribution in [0.3, 0.4) is 0 Å². The number of amides is 1. The molecule has 1 amide bonds. The van der Waals surface area contributed by atoms with Crippen molar-refractivity contribution in [2.75, 3.05) is 0 Å². The zero-order chi connectivity index (χ0) is 14.6. The normalized spacial score (nSPS) is 28.8. The van der Waals surface area contributed by atoms with Gasteiger partial charge in [-0.2, -0.15) is 0 Å². The van der Waals surface area contributed by atoms with Gasteiger partial charge in [-0.05, 0) is 56.6 Å². The van der Waals surface area contributed by atoms with Crippen LogP contribution in [0.5, 0.6) is 0 Å². The first-order chi connectivity index (χ1) is 10.1. The Balaban J connectivity index is 1.70. The van der Waals surface area contributed by atoms with Crippen molar-refractivity contribution in [3.63, 3.8) is 0 Å². The lowest BCUT2D eigenvalue weighted by Gasteiger charge is -2.40. The number of hydrogen-bond donors (Lipinski definition) is 1. The van der Waals surface area contributed by atoms with Gasteiger partial charge in [-0.25, -0.2) is 0 Å². The molecule has 0 aromatic heterocycles. The molecule has 0 bridgehead atoms. The first-order valence-corrected chi connectivity index (χ1v) is 8.28. The lowest BCUT2D eigenvalue weighted by Crippen LogP contribution is -2.45. The lowest BCUT2D eigenvalue weighted by atomic mass is 9.79. The summed E-state index contributed by atoms with van der Waals surface area (Å²) in [6.07, 6.45) is 5.95. The van der Waals surface area contributed by atoms with Crippen LogP contribution in [0.2, 0.25) is 0 Å².